The van der Waals surface area contributed by atoms with Crippen LogP contribution in [0.3, 0.4) is 0 Å². The van der Waals surface area contributed by atoms with Crippen molar-refractivity contribution in [3.63, 3.8) is 0 Å². The van der Waals surface area contributed by atoms with E-state index in [1.54, 1.807) is 17.0 Å². The molecule has 4 nitrogen and oxygen atoms in total. The maximum absolute atomic E-state index is 12.4. The summed E-state index contributed by atoms with van der Waals surface area (Å²) in [6.45, 7) is 5.05. The van der Waals surface area contributed by atoms with Crippen LogP contribution in [0.15, 0.2) is 24.3 Å². The van der Waals surface area contributed by atoms with E-state index in [0.29, 0.717) is 23.9 Å². The molecule has 2 rings (SSSR count). The first-order valence-electron chi connectivity index (χ1n) is 8.02. The molecule has 3 atom stereocenters. The normalized spacial score (nSPS) is 24.4. The van der Waals surface area contributed by atoms with Gasteiger partial charge in [0.2, 0.25) is 0 Å². The Hall–Kier alpha value is -2.02. The van der Waals surface area contributed by atoms with E-state index in [2.05, 4.69) is 25.2 Å². The lowest BCUT2D eigenvalue weighted by Gasteiger charge is -2.35. The van der Waals surface area contributed by atoms with Gasteiger partial charge in [0, 0.05) is 19.6 Å². The van der Waals surface area contributed by atoms with Crippen LogP contribution in [0.4, 0.5) is 4.79 Å². The van der Waals surface area contributed by atoms with Gasteiger partial charge in [-0.2, -0.15) is 5.26 Å². The number of carbonyl (C=O) groups is 1. The van der Waals surface area contributed by atoms with Gasteiger partial charge < -0.3 is 10.2 Å². The van der Waals surface area contributed by atoms with E-state index in [0.717, 1.165) is 12.0 Å². The second kappa shape index (κ2) is 7.31. The lowest BCUT2D eigenvalue weighted by Crippen LogP contribution is -2.48. The molecule has 1 aromatic carbocycles. The fourth-order valence-corrected chi connectivity index (χ4v) is 3.08. The fraction of sp³-hybridized carbons (Fsp3) is 0.556. The van der Waals surface area contributed by atoms with Crippen molar-refractivity contribution in [2.45, 2.75) is 45.7 Å². The first-order valence-corrected chi connectivity index (χ1v) is 8.02. The van der Waals surface area contributed by atoms with Gasteiger partial charge in [0.15, 0.2) is 0 Å². The second-order valence-corrected chi connectivity index (χ2v) is 6.49. The van der Waals surface area contributed by atoms with Gasteiger partial charge in [-0.05, 0) is 36.0 Å². The molecule has 118 valence electrons. The molecule has 3 unspecified atom stereocenters. The molecule has 1 N–H and O–H groups in total. The van der Waals surface area contributed by atoms with Gasteiger partial charge in [-0.15, -0.1) is 0 Å². The molecule has 0 spiro atoms. The molecule has 2 amide bonds. The van der Waals surface area contributed by atoms with Crippen LogP contribution in [0.1, 0.15) is 44.2 Å². The second-order valence-electron chi connectivity index (χ2n) is 6.49. The van der Waals surface area contributed by atoms with Gasteiger partial charge in [-0.3, -0.25) is 0 Å². The summed E-state index contributed by atoms with van der Waals surface area (Å²) in [6.07, 6.45) is 3.52. The Morgan fingerprint density at radius 1 is 1.32 bits per heavy atom. The molecule has 1 saturated carbocycles. The largest absolute Gasteiger partial charge is 0.335 e. The third-order valence-corrected chi connectivity index (χ3v) is 4.87. The molecule has 0 aromatic heterocycles. The van der Waals surface area contributed by atoms with Crippen molar-refractivity contribution in [1.82, 2.24) is 10.2 Å². The summed E-state index contributed by atoms with van der Waals surface area (Å²) in [4.78, 5) is 14.1. The van der Waals surface area contributed by atoms with Crippen LogP contribution in [0.2, 0.25) is 0 Å². The van der Waals surface area contributed by atoms with Crippen molar-refractivity contribution >= 4 is 6.03 Å². The molecule has 0 bridgehead atoms. The van der Waals surface area contributed by atoms with Gasteiger partial charge in [-0.1, -0.05) is 38.8 Å². The number of nitriles is 1. The van der Waals surface area contributed by atoms with Crippen molar-refractivity contribution in [2.24, 2.45) is 11.8 Å². The number of hydrogen-bond donors (Lipinski definition) is 1. The number of benzene rings is 1. The molecule has 0 aliphatic heterocycles. The molecule has 0 radical (unpaired) electrons. The number of nitrogens with one attached hydrogen (secondary N) is 1. The molecule has 1 fully saturated rings. The van der Waals surface area contributed by atoms with Crippen molar-refractivity contribution in [3.8, 4) is 6.07 Å². The smallest absolute Gasteiger partial charge is 0.317 e. The summed E-state index contributed by atoms with van der Waals surface area (Å²) >= 11 is 0. The van der Waals surface area contributed by atoms with Crippen molar-refractivity contribution in [2.75, 3.05) is 7.05 Å². The Kier molecular flexibility index (Phi) is 5.43. The van der Waals surface area contributed by atoms with Gasteiger partial charge in [-0.25, -0.2) is 4.79 Å². The predicted octanol–water partition coefficient (Wildman–Crippen LogP) is 3.52. The number of hydrogen-bond acceptors (Lipinski definition) is 2. The predicted molar refractivity (Wildman–Crippen MR) is 87.1 cm³/mol. The van der Waals surface area contributed by atoms with E-state index in [4.69, 9.17) is 5.26 Å². The molecular weight excluding hydrogens is 274 g/mol. The van der Waals surface area contributed by atoms with E-state index in [9.17, 15) is 4.79 Å². The number of amides is 2. The number of rotatable bonds is 3. The fourth-order valence-electron chi connectivity index (χ4n) is 3.08. The van der Waals surface area contributed by atoms with Crippen LogP contribution >= 0.6 is 0 Å². The highest BCUT2D eigenvalue weighted by atomic mass is 16.2. The lowest BCUT2D eigenvalue weighted by molar-refractivity contribution is 0.173. The summed E-state index contributed by atoms with van der Waals surface area (Å²) < 4.78 is 0. The van der Waals surface area contributed by atoms with E-state index >= 15 is 0 Å². The van der Waals surface area contributed by atoms with Crippen molar-refractivity contribution in [1.29, 1.82) is 5.26 Å². The monoisotopic (exact) mass is 299 g/mol. The Labute approximate surface area is 133 Å². The summed E-state index contributed by atoms with van der Waals surface area (Å²) in [5.41, 5.74) is 1.67. The zero-order valence-electron chi connectivity index (χ0n) is 13.7. The highest BCUT2D eigenvalue weighted by Gasteiger charge is 2.28. The van der Waals surface area contributed by atoms with Crippen molar-refractivity contribution in [3.05, 3.63) is 35.4 Å². The first kappa shape index (κ1) is 16.4. The summed E-state index contributed by atoms with van der Waals surface area (Å²) in [6, 6.07) is 9.72. The SMILES string of the molecule is CC1CCCC(NC(=O)N(C)Cc2ccc(C#N)cc2)C1C. The molecule has 1 aliphatic carbocycles. The zero-order valence-corrected chi connectivity index (χ0v) is 13.7. The lowest BCUT2D eigenvalue weighted by atomic mass is 9.78. The van der Waals surface area contributed by atoms with Gasteiger partial charge in [0.05, 0.1) is 11.6 Å². The molecule has 1 aliphatic rings. The Morgan fingerprint density at radius 2 is 2.00 bits per heavy atom. The maximum Gasteiger partial charge on any atom is 0.317 e. The Balaban J connectivity index is 1.90. The number of urea groups is 1. The summed E-state index contributed by atoms with van der Waals surface area (Å²) in [5.74, 6) is 1.20. The van der Waals surface area contributed by atoms with Gasteiger partial charge >= 0.3 is 6.03 Å². The maximum atomic E-state index is 12.4. The van der Waals surface area contributed by atoms with Crippen LogP contribution in [0.25, 0.3) is 0 Å². The first-order chi connectivity index (χ1) is 10.5. The van der Waals surface area contributed by atoms with Crippen LogP contribution in [-0.4, -0.2) is 24.0 Å². The Bertz CT molecular complexity index is 546. The highest BCUT2D eigenvalue weighted by Crippen LogP contribution is 2.29. The third-order valence-electron chi connectivity index (χ3n) is 4.87. The van der Waals surface area contributed by atoms with Gasteiger partial charge in [0.1, 0.15) is 0 Å². The molecule has 0 saturated heterocycles. The summed E-state index contributed by atoms with van der Waals surface area (Å²) in [5, 5.41) is 12.0. The molecule has 0 heterocycles. The van der Waals surface area contributed by atoms with Gasteiger partial charge in [0.25, 0.3) is 0 Å². The highest BCUT2D eigenvalue weighted by molar-refractivity contribution is 5.74. The van der Waals surface area contributed by atoms with E-state index in [1.807, 2.05) is 19.2 Å². The molecular formula is C18H25N3O. The number of nitrogens with zero attached hydrogens (tertiary/aromatic N) is 2. The Morgan fingerprint density at radius 3 is 2.64 bits per heavy atom. The minimum Gasteiger partial charge on any atom is -0.335 e. The van der Waals surface area contributed by atoms with E-state index in [-0.39, 0.29) is 12.1 Å². The van der Waals surface area contributed by atoms with Crippen LogP contribution < -0.4 is 5.32 Å². The topological polar surface area (TPSA) is 56.1 Å². The van der Waals surface area contributed by atoms with Crippen LogP contribution in [0, 0.1) is 23.2 Å². The van der Waals surface area contributed by atoms with Crippen molar-refractivity contribution < 1.29 is 4.79 Å². The van der Waals surface area contributed by atoms with E-state index < -0.39 is 0 Å². The molecule has 4 heteroatoms. The average Bonchev–Trinajstić information content (AvgIpc) is 2.52. The standard InChI is InChI=1S/C18H25N3O/c1-13-5-4-6-17(14(13)2)20-18(22)21(3)12-16-9-7-15(11-19)8-10-16/h7-10,13-14,17H,4-6,12H2,1-3H3,(H,20,22). The summed E-state index contributed by atoms with van der Waals surface area (Å²) in [7, 11) is 1.81. The average molecular weight is 299 g/mol. The minimum atomic E-state index is -0.0182. The quantitative estimate of drug-likeness (QED) is 0.928. The van der Waals surface area contributed by atoms with Crippen LogP contribution in [0.5, 0.6) is 0 Å². The van der Waals surface area contributed by atoms with E-state index in [1.165, 1.54) is 12.8 Å². The minimum absolute atomic E-state index is 0.0182. The van der Waals surface area contributed by atoms with Crippen LogP contribution in [-0.2, 0) is 6.54 Å². The molecule has 22 heavy (non-hydrogen) atoms. The third kappa shape index (κ3) is 4.00. The zero-order chi connectivity index (χ0) is 16.1. The molecule has 1 aromatic rings. The number of carbonyl (C=O) groups excluding carboxylic acids is 1.